The number of carbonyl (C=O) groups excluding carboxylic acids is 2. The van der Waals surface area contributed by atoms with Crippen molar-refractivity contribution in [2.24, 2.45) is 0 Å². The molecule has 0 saturated carbocycles. The van der Waals surface area contributed by atoms with Gasteiger partial charge in [-0.05, 0) is 31.4 Å². The minimum atomic E-state index is -0.708. The van der Waals surface area contributed by atoms with Gasteiger partial charge in [0.2, 0.25) is 0 Å². The third-order valence-electron chi connectivity index (χ3n) is 3.99. The lowest BCUT2D eigenvalue weighted by Gasteiger charge is -2.14. The van der Waals surface area contributed by atoms with E-state index in [0.29, 0.717) is 0 Å². The van der Waals surface area contributed by atoms with Crippen LogP contribution in [-0.2, 0) is 16.0 Å². The summed E-state index contributed by atoms with van der Waals surface area (Å²) in [4.78, 5) is 24.2. The summed E-state index contributed by atoms with van der Waals surface area (Å²) >= 11 is 5.94. The van der Waals surface area contributed by atoms with Crippen LogP contribution in [0.4, 0.5) is 5.69 Å². The van der Waals surface area contributed by atoms with Crippen LogP contribution in [0.3, 0.4) is 0 Å². The van der Waals surface area contributed by atoms with Crippen LogP contribution in [0.1, 0.15) is 29.3 Å². The fourth-order valence-corrected chi connectivity index (χ4v) is 2.69. The van der Waals surface area contributed by atoms with Crippen LogP contribution < -0.4 is 15.8 Å². The normalized spacial score (nSPS) is 11.5. The van der Waals surface area contributed by atoms with Gasteiger partial charge >= 0.3 is 5.97 Å². The Balaban J connectivity index is 1.82. The van der Waals surface area contributed by atoms with Crippen LogP contribution in [0.25, 0.3) is 0 Å². The van der Waals surface area contributed by atoms with Crippen molar-refractivity contribution < 1.29 is 19.1 Å². The smallest absolute Gasteiger partial charge is 0.342 e. The van der Waals surface area contributed by atoms with Gasteiger partial charge in [0.05, 0.1) is 17.8 Å². The molecule has 1 atom stereocenters. The molecule has 0 fully saturated rings. The zero-order valence-corrected chi connectivity index (χ0v) is 16.1. The molecule has 0 aliphatic heterocycles. The van der Waals surface area contributed by atoms with E-state index >= 15 is 0 Å². The Morgan fingerprint density at radius 2 is 1.93 bits per heavy atom. The molecule has 0 bridgehead atoms. The number of carbonyl (C=O) groups is 2. The standard InChI is InChI=1S/C20H23ClN2O4/c1-13(8-9-14-6-4-3-5-7-14)23-19(24)12-27-20(25)15-10-16(21)17(22)11-18(15)26-2/h3-7,10-11,13H,8-9,12,22H2,1-2H3,(H,23,24). The third-order valence-corrected chi connectivity index (χ3v) is 4.32. The average molecular weight is 391 g/mol. The molecule has 2 rings (SSSR count). The quantitative estimate of drug-likeness (QED) is 0.533. The largest absolute Gasteiger partial charge is 0.496 e. The van der Waals surface area contributed by atoms with E-state index in [1.807, 2.05) is 37.3 Å². The Morgan fingerprint density at radius 3 is 2.59 bits per heavy atom. The highest BCUT2D eigenvalue weighted by Gasteiger charge is 2.18. The summed E-state index contributed by atoms with van der Waals surface area (Å²) in [5.41, 5.74) is 7.29. The fraction of sp³-hybridized carbons (Fsp3) is 0.300. The van der Waals surface area contributed by atoms with Gasteiger partial charge < -0.3 is 20.5 Å². The highest BCUT2D eigenvalue weighted by Crippen LogP contribution is 2.29. The number of hydrogen-bond acceptors (Lipinski definition) is 5. The lowest BCUT2D eigenvalue weighted by Crippen LogP contribution is -2.36. The molecule has 0 aliphatic carbocycles. The highest BCUT2D eigenvalue weighted by atomic mass is 35.5. The van der Waals surface area contributed by atoms with Crippen molar-refractivity contribution in [1.29, 1.82) is 0 Å². The topological polar surface area (TPSA) is 90.7 Å². The van der Waals surface area contributed by atoms with Crippen LogP contribution in [-0.4, -0.2) is 31.6 Å². The molecule has 7 heteroatoms. The van der Waals surface area contributed by atoms with Gasteiger partial charge in [0.15, 0.2) is 6.61 Å². The molecule has 0 spiro atoms. The summed E-state index contributed by atoms with van der Waals surface area (Å²) < 4.78 is 10.2. The maximum absolute atomic E-state index is 12.2. The van der Waals surface area contributed by atoms with Gasteiger partial charge in [-0.1, -0.05) is 41.9 Å². The van der Waals surface area contributed by atoms with E-state index in [2.05, 4.69) is 5.32 Å². The van der Waals surface area contributed by atoms with Crippen molar-refractivity contribution in [3.63, 3.8) is 0 Å². The van der Waals surface area contributed by atoms with Crippen LogP contribution >= 0.6 is 11.6 Å². The number of aryl methyl sites for hydroxylation is 1. The Morgan fingerprint density at radius 1 is 1.22 bits per heavy atom. The molecule has 144 valence electrons. The summed E-state index contributed by atoms with van der Waals surface area (Å²) in [6, 6.07) is 12.8. The molecule has 0 aromatic heterocycles. The SMILES string of the molecule is COc1cc(N)c(Cl)cc1C(=O)OCC(=O)NC(C)CCc1ccccc1. The Hall–Kier alpha value is -2.73. The number of methoxy groups -OCH3 is 1. The number of nitrogen functional groups attached to an aromatic ring is 1. The van der Waals surface area contributed by atoms with Gasteiger partial charge in [-0.2, -0.15) is 0 Å². The van der Waals surface area contributed by atoms with Crippen molar-refractivity contribution in [2.75, 3.05) is 19.5 Å². The number of hydrogen-bond donors (Lipinski definition) is 2. The maximum atomic E-state index is 12.2. The van der Waals surface area contributed by atoms with Gasteiger partial charge in [0, 0.05) is 12.1 Å². The lowest BCUT2D eigenvalue weighted by atomic mass is 10.1. The molecule has 1 unspecified atom stereocenters. The molecule has 0 radical (unpaired) electrons. The average Bonchev–Trinajstić information content (AvgIpc) is 2.67. The minimum Gasteiger partial charge on any atom is -0.496 e. The molecule has 1 amide bonds. The monoisotopic (exact) mass is 390 g/mol. The first-order chi connectivity index (χ1) is 12.9. The second kappa shape index (κ2) is 9.83. The van der Waals surface area contributed by atoms with E-state index in [1.165, 1.54) is 24.8 Å². The first kappa shape index (κ1) is 20.6. The van der Waals surface area contributed by atoms with Gasteiger partial charge in [0.1, 0.15) is 11.3 Å². The second-order valence-electron chi connectivity index (χ2n) is 6.14. The Labute approximate surface area is 163 Å². The van der Waals surface area contributed by atoms with Crippen molar-refractivity contribution >= 4 is 29.2 Å². The number of esters is 1. The molecule has 0 aliphatic rings. The summed E-state index contributed by atoms with van der Waals surface area (Å²) in [6.45, 7) is 1.52. The molecule has 6 nitrogen and oxygen atoms in total. The Bertz CT molecular complexity index is 796. The summed E-state index contributed by atoms with van der Waals surface area (Å²) in [7, 11) is 1.40. The molecule has 2 aromatic carbocycles. The van der Waals surface area contributed by atoms with Crippen molar-refractivity contribution in [3.8, 4) is 5.75 Å². The molecular weight excluding hydrogens is 368 g/mol. The summed E-state index contributed by atoms with van der Waals surface area (Å²) in [5, 5.41) is 3.02. The van der Waals surface area contributed by atoms with Crippen LogP contribution in [0.15, 0.2) is 42.5 Å². The molecule has 0 heterocycles. The second-order valence-corrected chi connectivity index (χ2v) is 6.55. The van der Waals surface area contributed by atoms with Crippen molar-refractivity contribution in [2.45, 2.75) is 25.8 Å². The number of anilines is 1. The lowest BCUT2D eigenvalue weighted by molar-refractivity contribution is -0.124. The molecule has 2 aromatic rings. The minimum absolute atomic E-state index is 0.0445. The van der Waals surface area contributed by atoms with Gasteiger partial charge in [-0.15, -0.1) is 0 Å². The van der Waals surface area contributed by atoms with E-state index in [0.717, 1.165) is 12.8 Å². The van der Waals surface area contributed by atoms with Crippen LogP contribution in [0.5, 0.6) is 5.75 Å². The number of nitrogens with one attached hydrogen (secondary N) is 1. The zero-order chi connectivity index (χ0) is 19.8. The predicted molar refractivity (Wildman–Crippen MR) is 105 cm³/mol. The van der Waals surface area contributed by atoms with E-state index in [4.69, 9.17) is 26.8 Å². The van der Waals surface area contributed by atoms with Gasteiger partial charge in [0.25, 0.3) is 5.91 Å². The number of halogens is 1. The van der Waals surface area contributed by atoms with E-state index in [9.17, 15) is 9.59 Å². The maximum Gasteiger partial charge on any atom is 0.342 e. The van der Waals surface area contributed by atoms with Crippen molar-refractivity contribution in [1.82, 2.24) is 5.32 Å². The fourth-order valence-electron chi connectivity index (χ4n) is 2.52. The number of rotatable bonds is 8. The van der Waals surface area contributed by atoms with Crippen molar-refractivity contribution in [3.05, 3.63) is 58.6 Å². The molecule has 0 saturated heterocycles. The highest BCUT2D eigenvalue weighted by molar-refractivity contribution is 6.33. The number of benzene rings is 2. The number of ether oxygens (including phenoxy) is 2. The van der Waals surface area contributed by atoms with E-state index in [-0.39, 0.29) is 40.6 Å². The first-order valence-corrected chi connectivity index (χ1v) is 8.92. The van der Waals surface area contributed by atoms with Gasteiger partial charge in [-0.3, -0.25) is 4.79 Å². The van der Waals surface area contributed by atoms with E-state index < -0.39 is 5.97 Å². The molecule has 3 N–H and O–H groups in total. The third kappa shape index (κ3) is 6.18. The van der Waals surface area contributed by atoms with E-state index in [1.54, 1.807) is 0 Å². The Kier molecular flexibility index (Phi) is 7.49. The van der Waals surface area contributed by atoms with Gasteiger partial charge in [-0.25, -0.2) is 4.79 Å². The number of amides is 1. The number of nitrogens with two attached hydrogens (primary N) is 1. The predicted octanol–water partition coefficient (Wildman–Crippen LogP) is 3.23. The molecule has 27 heavy (non-hydrogen) atoms. The summed E-state index contributed by atoms with van der Waals surface area (Å²) in [5.74, 6) is -0.844. The molecular formula is C20H23ClN2O4. The zero-order valence-electron chi connectivity index (χ0n) is 15.3. The summed E-state index contributed by atoms with van der Waals surface area (Å²) in [6.07, 6.45) is 1.63. The van der Waals surface area contributed by atoms with Crippen LogP contribution in [0.2, 0.25) is 5.02 Å². The first-order valence-electron chi connectivity index (χ1n) is 8.54. The van der Waals surface area contributed by atoms with Crippen LogP contribution in [0, 0.1) is 0 Å².